The van der Waals surface area contributed by atoms with Crippen LogP contribution < -0.4 is 14.8 Å². The Hall–Kier alpha value is -2.44. The van der Waals surface area contributed by atoms with E-state index < -0.39 is 0 Å². The third kappa shape index (κ3) is 4.78. The van der Waals surface area contributed by atoms with Gasteiger partial charge in [0.2, 0.25) is 5.91 Å². The molecule has 0 radical (unpaired) electrons. The minimum Gasteiger partial charge on any atom is -0.497 e. The average molecular weight is 349 g/mol. The van der Waals surface area contributed by atoms with E-state index in [-0.39, 0.29) is 17.9 Å². The minimum absolute atomic E-state index is 0.0332. The SMILES string of the molecule is COc1ccc(CNC(=O)C2CCCN(C(=O)N(C)C)C2)c(OC)c1. The summed E-state index contributed by atoms with van der Waals surface area (Å²) in [6, 6.07) is 5.46. The van der Waals surface area contributed by atoms with Crippen LogP contribution in [0.3, 0.4) is 0 Å². The molecule has 1 heterocycles. The Kier molecular flexibility index (Phi) is 6.50. The Morgan fingerprint density at radius 3 is 2.68 bits per heavy atom. The van der Waals surface area contributed by atoms with Gasteiger partial charge in [0.05, 0.1) is 20.1 Å². The molecule has 0 spiro atoms. The maximum absolute atomic E-state index is 12.5. The summed E-state index contributed by atoms with van der Waals surface area (Å²) in [5.74, 6) is 1.17. The highest BCUT2D eigenvalue weighted by Crippen LogP contribution is 2.25. The molecule has 1 unspecified atom stereocenters. The molecule has 1 aromatic carbocycles. The van der Waals surface area contributed by atoms with Crippen molar-refractivity contribution in [1.29, 1.82) is 0 Å². The third-order valence-corrected chi connectivity index (χ3v) is 4.39. The normalized spacial score (nSPS) is 17.0. The van der Waals surface area contributed by atoms with Gasteiger partial charge < -0.3 is 24.6 Å². The molecular weight excluding hydrogens is 322 g/mol. The number of methoxy groups -OCH3 is 2. The molecule has 3 amide bonds. The van der Waals surface area contributed by atoms with Crippen molar-refractivity contribution in [2.24, 2.45) is 5.92 Å². The van der Waals surface area contributed by atoms with E-state index in [2.05, 4.69) is 5.32 Å². The number of rotatable bonds is 5. The van der Waals surface area contributed by atoms with Crippen LogP contribution in [0, 0.1) is 5.92 Å². The van der Waals surface area contributed by atoms with Crippen molar-refractivity contribution in [1.82, 2.24) is 15.1 Å². The molecule has 0 aliphatic carbocycles. The molecule has 2 rings (SSSR count). The summed E-state index contributed by atoms with van der Waals surface area (Å²) in [6.07, 6.45) is 1.63. The molecule has 0 aromatic heterocycles. The number of amides is 3. The van der Waals surface area contributed by atoms with Gasteiger partial charge in [-0.3, -0.25) is 4.79 Å². The summed E-state index contributed by atoms with van der Waals surface area (Å²) >= 11 is 0. The van der Waals surface area contributed by atoms with Crippen LogP contribution in [0.5, 0.6) is 11.5 Å². The second kappa shape index (κ2) is 8.60. The zero-order chi connectivity index (χ0) is 18.4. The van der Waals surface area contributed by atoms with Crippen LogP contribution in [0.4, 0.5) is 4.79 Å². The van der Waals surface area contributed by atoms with Crippen LogP contribution in [0.1, 0.15) is 18.4 Å². The Bertz CT molecular complexity index is 618. The maximum Gasteiger partial charge on any atom is 0.319 e. The molecule has 0 bridgehead atoms. The molecule has 1 fully saturated rings. The molecule has 25 heavy (non-hydrogen) atoms. The van der Waals surface area contributed by atoms with Crippen LogP contribution in [0.2, 0.25) is 0 Å². The summed E-state index contributed by atoms with van der Waals surface area (Å²) in [5.41, 5.74) is 0.883. The molecule has 1 saturated heterocycles. The Balaban J connectivity index is 1.95. The number of urea groups is 1. The van der Waals surface area contributed by atoms with Crippen molar-refractivity contribution in [3.05, 3.63) is 23.8 Å². The summed E-state index contributed by atoms with van der Waals surface area (Å²) in [4.78, 5) is 27.9. The van der Waals surface area contributed by atoms with Gasteiger partial charge >= 0.3 is 6.03 Å². The molecular formula is C18H27N3O4. The van der Waals surface area contributed by atoms with E-state index in [9.17, 15) is 9.59 Å². The van der Waals surface area contributed by atoms with Crippen molar-refractivity contribution < 1.29 is 19.1 Å². The predicted octanol–water partition coefficient (Wildman–Crippen LogP) is 1.71. The fourth-order valence-electron chi connectivity index (χ4n) is 2.97. The van der Waals surface area contributed by atoms with E-state index >= 15 is 0 Å². The van der Waals surface area contributed by atoms with Gasteiger partial charge in [0.1, 0.15) is 11.5 Å². The smallest absolute Gasteiger partial charge is 0.319 e. The number of piperidine rings is 1. The first-order valence-electron chi connectivity index (χ1n) is 8.41. The Morgan fingerprint density at radius 2 is 2.04 bits per heavy atom. The first kappa shape index (κ1) is 18.9. The zero-order valence-corrected chi connectivity index (χ0v) is 15.4. The van der Waals surface area contributed by atoms with Gasteiger partial charge in [0, 0.05) is 45.4 Å². The highest BCUT2D eigenvalue weighted by Gasteiger charge is 2.29. The van der Waals surface area contributed by atoms with E-state index in [1.165, 1.54) is 0 Å². The fraction of sp³-hybridized carbons (Fsp3) is 0.556. The van der Waals surface area contributed by atoms with Gasteiger partial charge in [-0.15, -0.1) is 0 Å². The van der Waals surface area contributed by atoms with Crippen molar-refractivity contribution >= 4 is 11.9 Å². The quantitative estimate of drug-likeness (QED) is 0.879. The molecule has 7 heteroatoms. The van der Waals surface area contributed by atoms with Crippen LogP contribution in [-0.2, 0) is 11.3 Å². The number of hydrogen-bond acceptors (Lipinski definition) is 4. The fourth-order valence-corrected chi connectivity index (χ4v) is 2.97. The van der Waals surface area contributed by atoms with E-state index in [1.54, 1.807) is 44.2 Å². The lowest BCUT2D eigenvalue weighted by atomic mass is 9.97. The van der Waals surface area contributed by atoms with E-state index in [0.717, 1.165) is 18.4 Å². The van der Waals surface area contributed by atoms with E-state index in [4.69, 9.17) is 9.47 Å². The Labute approximate surface area is 148 Å². The summed E-state index contributed by atoms with van der Waals surface area (Å²) in [6.45, 7) is 1.54. The summed E-state index contributed by atoms with van der Waals surface area (Å²) in [5, 5.41) is 2.96. The van der Waals surface area contributed by atoms with Crippen LogP contribution >= 0.6 is 0 Å². The lowest BCUT2D eigenvalue weighted by molar-refractivity contribution is -0.126. The molecule has 0 saturated carbocycles. The number of hydrogen-bond donors (Lipinski definition) is 1. The van der Waals surface area contributed by atoms with Crippen molar-refractivity contribution in [3.63, 3.8) is 0 Å². The van der Waals surface area contributed by atoms with E-state index in [1.807, 2.05) is 12.1 Å². The first-order chi connectivity index (χ1) is 12.0. The largest absolute Gasteiger partial charge is 0.497 e. The molecule has 138 valence electrons. The first-order valence-corrected chi connectivity index (χ1v) is 8.41. The number of ether oxygens (including phenoxy) is 2. The Morgan fingerprint density at radius 1 is 1.28 bits per heavy atom. The highest BCUT2D eigenvalue weighted by atomic mass is 16.5. The molecule has 1 aliphatic heterocycles. The van der Waals surface area contributed by atoms with Gasteiger partial charge in [-0.2, -0.15) is 0 Å². The number of nitrogens with one attached hydrogen (secondary N) is 1. The standard InChI is InChI=1S/C18H27N3O4/c1-20(2)18(23)21-9-5-6-14(12-21)17(22)19-11-13-7-8-15(24-3)10-16(13)25-4/h7-8,10,14H,5-6,9,11-12H2,1-4H3,(H,19,22). The number of carbonyl (C=O) groups excluding carboxylic acids is 2. The second-order valence-corrected chi connectivity index (χ2v) is 6.36. The topological polar surface area (TPSA) is 71.1 Å². The predicted molar refractivity (Wildman–Crippen MR) is 94.8 cm³/mol. The lowest BCUT2D eigenvalue weighted by Crippen LogP contribution is -2.48. The monoisotopic (exact) mass is 349 g/mol. The number of nitrogens with zero attached hydrogens (tertiary/aromatic N) is 2. The molecule has 1 atom stereocenters. The molecule has 1 aromatic rings. The number of carbonyl (C=O) groups is 2. The van der Waals surface area contributed by atoms with Crippen LogP contribution in [-0.4, -0.2) is 63.1 Å². The van der Waals surface area contributed by atoms with Gasteiger partial charge in [-0.1, -0.05) is 0 Å². The molecule has 7 nitrogen and oxygen atoms in total. The highest BCUT2D eigenvalue weighted by molar-refractivity contribution is 5.80. The molecule has 1 N–H and O–H groups in total. The number of likely N-dealkylation sites (tertiary alicyclic amines) is 1. The average Bonchev–Trinajstić information content (AvgIpc) is 2.65. The zero-order valence-electron chi connectivity index (χ0n) is 15.4. The summed E-state index contributed by atoms with van der Waals surface area (Å²) in [7, 11) is 6.63. The lowest BCUT2D eigenvalue weighted by Gasteiger charge is -2.33. The van der Waals surface area contributed by atoms with Gasteiger partial charge in [-0.25, -0.2) is 4.79 Å². The van der Waals surface area contributed by atoms with Crippen molar-refractivity contribution in [2.45, 2.75) is 19.4 Å². The third-order valence-electron chi connectivity index (χ3n) is 4.39. The molecule has 1 aliphatic rings. The van der Waals surface area contributed by atoms with E-state index in [0.29, 0.717) is 31.1 Å². The maximum atomic E-state index is 12.5. The summed E-state index contributed by atoms with van der Waals surface area (Å²) < 4.78 is 10.5. The van der Waals surface area contributed by atoms with Gasteiger partial charge in [-0.05, 0) is 25.0 Å². The van der Waals surface area contributed by atoms with Gasteiger partial charge in [0.15, 0.2) is 0 Å². The van der Waals surface area contributed by atoms with Crippen molar-refractivity contribution in [3.8, 4) is 11.5 Å². The van der Waals surface area contributed by atoms with Gasteiger partial charge in [0.25, 0.3) is 0 Å². The second-order valence-electron chi connectivity index (χ2n) is 6.36. The minimum atomic E-state index is -0.179. The van der Waals surface area contributed by atoms with Crippen LogP contribution in [0.15, 0.2) is 18.2 Å². The number of benzene rings is 1. The van der Waals surface area contributed by atoms with Crippen molar-refractivity contribution in [2.75, 3.05) is 41.4 Å². The van der Waals surface area contributed by atoms with Crippen LogP contribution in [0.25, 0.3) is 0 Å².